The van der Waals surface area contributed by atoms with Crippen LogP contribution in [-0.4, -0.2) is 41.8 Å². The number of carbonyl (C=O) groups is 1. The molecule has 0 bridgehead atoms. The summed E-state index contributed by atoms with van der Waals surface area (Å²) in [5.74, 6) is -0.190. The maximum atomic E-state index is 13.6. The largest absolute Gasteiger partial charge is 0.378 e. The van der Waals surface area contributed by atoms with Crippen molar-refractivity contribution in [3.05, 3.63) is 99.6 Å². The fourth-order valence-corrected chi connectivity index (χ4v) is 4.10. The zero-order valence-electron chi connectivity index (χ0n) is 19.3. The first kappa shape index (κ1) is 22.7. The summed E-state index contributed by atoms with van der Waals surface area (Å²) in [6, 6.07) is 18.6. The summed E-state index contributed by atoms with van der Waals surface area (Å²) < 4.78 is 20.5. The van der Waals surface area contributed by atoms with Gasteiger partial charge in [-0.05, 0) is 55.0 Å². The van der Waals surface area contributed by atoms with E-state index < -0.39 is 0 Å². The van der Waals surface area contributed by atoms with Crippen LogP contribution in [0.25, 0.3) is 16.6 Å². The van der Waals surface area contributed by atoms with Crippen LogP contribution in [0.1, 0.15) is 21.5 Å². The molecule has 1 saturated heterocycles. The number of aromatic nitrogens is 2. The summed E-state index contributed by atoms with van der Waals surface area (Å²) in [4.78, 5) is 33.2. The Morgan fingerprint density at radius 2 is 1.74 bits per heavy atom. The van der Waals surface area contributed by atoms with Crippen LogP contribution < -0.4 is 15.8 Å². The van der Waals surface area contributed by atoms with E-state index in [0.717, 1.165) is 11.1 Å². The predicted octanol–water partition coefficient (Wildman–Crippen LogP) is 3.60. The number of nitrogens with zero attached hydrogens (tertiary/aromatic N) is 3. The van der Waals surface area contributed by atoms with Gasteiger partial charge >= 0.3 is 0 Å². The van der Waals surface area contributed by atoms with Gasteiger partial charge in [0, 0.05) is 25.2 Å². The molecule has 1 aromatic heterocycles. The number of anilines is 1. The van der Waals surface area contributed by atoms with E-state index in [9.17, 15) is 14.0 Å². The third kappa shape index (κ3) is 4.79. The molecule has 5 rings (SSSR count). The van der Waals surface area contributed by atoms with E-state index >= 15 is 0 Å². The molecule has 3 aromatic carbocycles. The van der Waals surface area contributed by atoms with Crippen molar-refractivity contribution >= 4 is 22.8 Å². The van der Waals surface area contributed by atoms with Crippen molar-refractivity contribution in [2.75, 3.05) is 31.2 Å². The third-order valence-corrected chi connectivity index (χ3v) is 6.07. The topological polar surface area (TPSA) is 76.5 Å². The normalized spacial score (nSPS) is 13.7. The van der Waals surface area contributed by atoms with Crippen molar-refractivity contribution in [3.63, 3.8) is 0 Å². The Morgan fingerprint density at radius 3 is 2.46 bits per heavy atom. The van der Waals surface area contributed by atoms with Gasteiger partial charge in [0.1, 0.15) is 5.82 Å². The number of benzene rings is 3. The van der Waals surface area contributed by atoms with E-state index in [4.69, 9.17) is 9.72 Å². The molecule has 0 atom stereocenters. The van der Waals surface area contributed by atoms with Gasteiger partial charge in [-0.15, -0.1) is 0 Å². The minimum atomic E-state index is -0.384. The summed E-state index contributed by atoms with van der Waals surface area (Å²) in [5.41, 5.74) is 3.24. The average molecular weight is 473 g/mol. The first-order chi connectivity index (χ1) is 17.0. The molecule has 1 aliphatic rings. The second-order valence-electron chi connectivity index (χ2n) is 8.53. The van der Waals surface area contributed by atoms with Crippen LogP contribution in [0.15, 0.2) is 71.5 Å². The molecule has 0 aliphatic carbocycles. The molecule has 2 heterocycles. The number of carbonyl (C=O) groups excluding carboxylic acids is 1. The van der Waals surface area contributed by atoms with Crippen LogP contribution >= 0.6 is 0 Å². The van der Waals surface area contributed by atoms with Gasteiger partial charge in [0.25, 0.3) is 11.5 Å². The number of aryl methyl sites for hydroxylation is 1. The maximum Gasteiger partial charge on any atom is 0.267 e. The lowest BCUT2D eigenvalue weighted by atomic mass is 10.1. The molecule has 1 N–H and O–H groups in total. The number of ether oxygens (including phenoxy) is 1. The Bertz CT molecular complexity index is 1430. The lowest BCUT2D eigenvalue weighted by Crippen LogP contribution is -2.40. The van der Waals surface area contributed by atoms with Crippen molar-refractivity contribution in [1.29, 1.82) is 0 Å². The van der Waals surface area contributed by atoms with Gasteiger partial charge in [-0.25, -0.2) is 13.9 Å². The molecule has 35 heavy (non-hydrogen) atoms. The summed E-state index contributed by atoms with van der Waals surface area (Å²) in [6.07, 6.45) is 0. The van der Waals surface area contributed by atoms with E-state index in [2.05, 4.69) is 5.32 Å². The standard InChI is InChI=1S/C27H25FN4O3/c1-18-2-4-19(5-3-18)17-29-25(33)20-6-11-23-24(16-20)30-27(31-12-14-35-15-13-31)32(26(23)34)22-9-7-21(28)8-10-22/h2-11,16H,12-15,17H2,1H3,(H,29,33). The van der Waals surface area contributed by atoms with E-state index in [1.54, 1.807) is 30.3 Å². The molecule has 4 aromatic rings. The molecule has 1 fully saturated rings. The molecule has 178 valence electrons. The van der Waals surface area contributed by atoms with Gasteiger partial charge in [0.15, 0.2) is 0 Å². The maximum absolute atomic E-state index is 13.6. The van der Waals surface area contributed by atoms with Gasteiger partial charge in [0.2, 0.25) is 5.95 Å². The second kappa shape index (κ2) is 9.68. The highest BCUT2D eigenvalue weighted by Crippen LogP contribution is 2.22. The summed E-state index contributed by atoms with van der Waals surface area (Å²) in [5, 5.41) is 3.30. The predicted molar refractivity (Wildman–Crippen MR) is 133 cm³/mol. The monoisotopic (exact) mass is 472 g/mol. The van der Waals surface area contributed by atoms with E-state index in [1.165, 1.54) is 16.7 Å². The Morgan fingerprint density at radius 1 is 1.03 bits per heavy atom. The molecule has 7 nitrogen and oxygen atoms in total. The lowest BCUT2D eigenvalue weighted by Gasteiger charge is -2.30. The zero-order chi connectivity index (χ0) is 24.4. The highest BCUT2D eigenvalue weighted by atomic mass is 19.1. The van der Waals surface area contributed by atoms with Gasteiger partial charge in [-0.2, -0.15) is 0 Å². The minimum Gasteiger partial charge on any atom is -0.378 e. The Balaban J connectivity index is 1.52. The third-order valence-electron chi connectivity index (χ3n) is 6.07. The number of amides is 1. The SMILES string of the molecule is Cc1ccc(CNC(=O)c2ccc3c(=O)n(-c4ccc(F)cc4)c(N4CCOCC4)nc3c2)cc1. The minimum absolute atomic E-state index is 0.245. The van der Waals surface area contributed by atoms with Crippen LogP contribution in [0.5, 0.6) is 0 Å². The number of halogens is 1. The number of morpholine rings is 1. The highest BCUT2D eigenvalue weighted by molar-refractivity contribution is 5.97. The number of nitrogens with one attached hydrogen (secondary N) is 1. The quantitative estimate of drug-likeness (QED) is 0.480. The summed E-state index contributed by atoms with van der Waals surface area (Å²) in [7, 11) is 0. The summed E-state index contributed by atoms with van der Waals surface area (Å²) >= 11 is 0. The van der Waals surface area contributed by atoms with Crippen LogP contribution in [0.2, 0.25) is 0 Å². The smallest absolute Gasteiger partial charge is 0.267 e. The second-order valence-corrected chi connectivity index (χ2v) is 8.53. The lowest BCUT2D eigenvalue weighted by molar-refractivity contribution is 0.0951. The number of hydrogen-bond acceptors (Lipinski definition) is 5. The van der Waals surface area contributed by atoms with Crippen LogP contribution in [-0.2, 0) is 11.3 Å². The molecule has 0 unspecified atom stereocenters. The molecule has 8 heteroatoms. The fraction of sp³-hybridized carbons (Fsp3) is 0.222. The molecule has 1 aliphatic heterocycles. The number of hydrogen-bond donors (Lipinski definition) is 1. The fourth-order valence-electron chi connectivity index (χ4n) is 4.10. The van der Waals surface area contributed by atoms with Gasteiger partial charge in [-0.3, -0.25) is 9.59 Å². The summed E-state index contributed by atoms with van der Waals surface area (Å²) in [6.45, 7) is 4.57. The van der Waals surface area contributed by atoms with Crippen molar-refractivity contribution in [2.24, 2.45) is 0 Å². The molecule has 1 amide bonds. The van der Waals surface area contributed by atoms with Crippen molar-refractivity contribution in [3.8, 4) is 5.69 Å². The molecule has 0 saturated carbocycles. The van der Waals surface area contributed by atoms with Crippen LogP contribution in [0.4, 0.5) is 10.3 Å². The van der Waals surface area contributed by atoms with Gasteiger partial charge < -0.3 is 15.0 Å². The zero-order valence-corrected chi connectivity index (χ0v) is 19.3. The molecular formula is C27H25FN4O3. The molecule has 0 radical (unpaired) electrons. The van der Waals surface area contributed by atoms with E-state index in [1.807, 2.05) is 36.1 Å². The molecule has 0 spiro atoms. The van der Waals surface area contributed by atoms with Gasteiger partial charge in [-0.1, -0.05) is 29.8 Å². The van der Waals surface area contributed by atoms with Crippen molar-refractivity contribution < 1.29 is 13.9 Å². The average Bonchev–Trinajstić information content (AvgIpc) is 2.89. The first-order valence-corrected chi connectivity index (χ1v) is 11.5. The van der Waals surface area contributed by atoms with Crippen LogP contribution in [0.3, 0.4) is 0 Å². The van der Waals surface area contributed by atoms with E-state index in [0.29, 0.717) is 61.0 Å². The Hall–Kier alpha value is -4.04. The van der Waals surface area contributed by atoms with Crippen molar-refractivity contribution in [2.45, 2.75) is 13.5 Å². The van der Waals surface area contributed by atoms with E-state index in [-0.39, 0.29) is 17.3 Å². The molecular weight excluding hydrogens is 447 g/mol. The Labute approximate surface area is 201 Å². The number of fused-ring (bicyclic) bond motifs is 1. The van der Waals surface area contributed by atoms with Crippen molar-refractivity contribution in [1.82, 2.24) is 14.9 Å². The first-order valence-electron chi connectivity index (χ1n) is 11.5. The highest BCUT2D eigenvalue weighted by Gasteiger charge is 2.21. The number of rotatable bonds is 5. The van der Waals surface area contributed by atoms with Crippen LogP contribution in [0, 0.1) is 12.7 Å². The Kier molecular flexibility index (Phi) is 6.29. The van der Waals surface area contributed by atoms with Gasteiger partial charge in [0.05, 0.1) is 29.8 Å².